The first kappa shape index (κ1) is 23.7. The minimum atomic E-state index is 0. The summed E-state index contributed by atoms with van der Waals surface area (Å²) in [5.41, 5.74) is 0. The van der Waals surface area contributed by atoms with E-state index < -0.39 is 0 Å². The molecule has 1 amide bonds. The van der Waals surface area contributed by atoms with Crippen molar-refractivity contribution in [2.75, 3.05) is 40.3 Å². The van der Waals surface area contributed by atoms with Crippen molar-refractivity contribution in [1.82, 2.24) is 24.7 Å². The Morgan fingerprint density at radius 3 is 2.93 bits per heavy atom. The Hall–Kier alpha value is -1.62. The average molecular weight is 530 g/mol. The van der Waals surface area contributed by atoms with Crippen molar-refractivity contribution in [3.05, 3.63) is 41.1 Å². The lowest BCUT2D eigenvalue weighted by Gasteiger charge is -2.39. The van der Waals surface area contributed by atoms with E-state index in [1.807, 2.05) is 18.7 Å². The molecule has 2 atom stereocenters. The molecule has 1 fully saturated rings. The average Bonchev–Trinajstić information content (AvgIpc) is 3.38. The fourth-order valence-corrected chi connectivity index (χ4v) is 4.11. The van der Waals surface area contributed by atoms with Gasteiger partial charge in [0.25, 0.3) is 0 Å². The number of carbonyl (C=O) groups excluding carboxylic acids is 1. The minimum absolute atomic E-state index is 0. The molecule has 1 aliphatic rings. The Morgan fingerprint density at radius 2 is 2.28 bits per heavy atom. The van der Waals surface area contributed by atoms with E-state index >= 15 is 0 Å². The summed E-state index contributed by atoms with van der Waals surface area (Å²) < 4.78 is 2.19. The minimum Gasteiger partial charge on any atom is -0.356 e. The number of amides is 1. The number of aromatic nitrogens is 2. The molecule has 9 heteroatoms. The molecule has 0 aliphatic carbocycles. The molecule has 2 unspecified atom stereocenters. The second-order valence-electron chi connectivity index (χ2n) is 7.47. The van der Waals surface area contributed by atoms with E-state index in [1.165, 1.54) is 4.88 Å². The molecule has 2 aromatic rings. The lowest BCUT2D eigenvalue weighted by Crippen LogP contribution is -2.49. The van der Waals surface area contributed by atoms with Gasteiger partial charge in [-0.25, -0.2) is 9.98 Å². The second-order valence-corrected chi connectivity index (χ2v) is 8.51. The van der Waals surface area contributed by atoms with Crippen LogP contribution in [0.15, 0.2) is 41.2 Å². The topological polar surface area (TPSA) is 65.8 Å². The predicted octanol–water partition coefficient (Wildman–Crippen LogP) is 2.72. The number of halogens is 1. The third-order valence-corrected chi connectivity index (χ3v) is 6.16. The fourth-order valence-electron chi connectivity index (χ4n) is 3.40. The van der Waals surface area contributed by atoms with Crippen molar-refractivity contribution < 1.29 is 4.79 Å². The molecule has 7 nitrogen and oxygen atoms in total. The first-order valence-corrected chi connectivity index (χ1v) is 10.7. The lowest BCUT2D eigenvalue weighted by molar-refractivity contribution is -0.127. The summed E-state index contributed by atoms with van der Waals surface area (Å²) in [5.74, 6) is 1.40. The Morgan fingerprint density at radius 1 is 1.45 bits per heavy atom. The van der Waals surface area contributed by atoms with Gasteiger partial charge in [-0.3, -0.25) is 4.79 Å². The highest BCUT2D eigenvalue weighted by molar-refractivity contribution is 14.0. The Bertz CT molecular complexity index is 762. The molecular formula is C20H31IN6OS. The molecule has 0 radical (unpaired) electrons. The number of nitrogens with one attached hydrogen (secondary N) is 1. The first-order chi connectivity index (χ1) is 13.5. The van der Waals surface area contributed by atoms with Crippen LogP contribution in [0.1, 0.15) is 24.3 Å². The van der Waals surface area contributed by atoms with E-state index in [-0.39, 0.29) is 36.4 Å². The summed E-state index contributed by atoms with van der Waals surface area (Å²) >= 11 is 1.77. The zero-order chi connectivity index (χ0) is 19.9. The number of likely N-dealkylation sites (tertiary alicyclic amines) is 1. The standard InChI is InChI=1S/C20H30N6OS.HI/c1-16-7-10-25(14-18(16)26-11-9-21-15-26)20(23-13-19(27)24(2)3)22-8-6-17-5-4-12-28-17;/h4-5,9,11-12,15-16,18H,6-8,10,13-14H2,1-3H3,(H,22,23);1H. The molecule has 3 rings (SSSR count). The van der Waals surface area contributed by atoms with Crippen molar-refractivity contribution in [3.8, 4) is 0 Å². The van der Waals surface area contributed by atoms with E-state index in [9.17, 15) is 4.79 Å². The number of carbonyl (C=O) groups is 1. The van der Waals surface area contributed by atoms with Gasteiger partial charge in [0, 0.05) is 51.0 Å². The SMILES string of the molecule is CC1CCN(C(=NCC(=O)N(C)C)NCCc2cccs2)CC1n1ccnc1.I. The maximum absolute atomic E-state index is 12.1. The van der Waals surface area contributed by atoms with Gasteiger partial charge in [-0.2, -0.15) is 0 Å². The van der Waals surface area contributed by atoms with Crippen LogP contribution >= 0.6 is 35.3 Å². The Labute approximate surface area is 194 Å². The number of hydrogen-bond acceptors (Lipinski definition) is 4. The monoisotopic (exact) mass is 530 g/mol. The second kappa shape index (κ2) is 11.5. The van der Waals surface area contributed by atoms with Crippen LogP contribution in [0.3, 0.4) is 0 Å². The molecule has 1 N–H and O–H groups in total. The van der Waals surface area contributed by atoms with Crippen LogP contribution in [-0.4, -0.2) is 71.5 Å². The summed E-state index contributed by atoms with van der Waals surface area (Å²) in [6.45, 7) is 5.05. The van der Waals surface area contributed by atoms with Crippen molar-refractivity contribution in [2.24, 2.45) is 10.9 Å². The summed E-state index contributed by atoms with van der Waals surface area (Å²) in [6, 6.07) is 4.58. The van der Waals surface area contributed by atoms with E-state index in [2.05, 4.69) is 49.2 Å². The molecule has 3 heterocycles. The van der Waals surface area contributed by atoms with Gasteiger partial charge in [0.2, 0.25) is 5.91 Å². The van der Waals surface area contributed by atoms with Gasteiger partial charge in [-0.1, -0.05) is 13.0 Å². The number of aliphatic imine (C=N–C) groups is 1. The number of imidazole rings is 1. The third kappa shape index (κ3) is 6.70. The van der Waals surface area contributed by atoms with Gasteiger partial charge in [-0.05, 0) is 30.2 Å². The molecular weight excluding hydrogens is 499 g/mol. The van der Waals surface area contributed by atoms with Crippen molar-refractivity contribution in [1.29, 1.82) is 0 Å². The van der Waals surface area contributed by atoms with Crippen LogP contribution < -0.4 is 5.32 Å². The molecule has 1 saturated heterocycles. The van der Waals surface area contributed by atoms with Gasteiger partial charge in [0.15, 0.2) is 5.96 Å². The number of likely N-dealkylation sites (N-methyl/N-ethyl adjacent to an activating group) is 1. The van der Waals surface area contributed by atoms with E-state index in [0.29, 0.717) is 12.0 Å². The van der Waals surface area contributed by atoms with Gasteiger partial charge < -0.3 is 19.7 Å². The van der Waals surface area contributed by atoms with E-state index in [0.717, 1.165) is 38.4 Å². The number of thiophene rings is 1. The summed E-state index contributed by atoms with van der Waals surface area (Å²) in [5, 5.41) is 5.59. The molecule has 0 spiro atoms. The number of piperidine rings is 1. The lowest BCUT2D eigenvalue weighted by atomic mass is 9.93. The highest BCUT2D eigenvalue weighted by Crippen LogP contribution is 2.27. The third-order valence-electron chi connectivity index (χ3n) is 5.22. The quantitative estimate of drug-likeness (QED) is 0.355. The molecule has 1 aliphatic heterocycles. The Kier molecular flexibility index (Phi) is 9.41. The molecule has 0 bridgehead atoms. The highest BCUT2D eigenvalue weighted by Gasteiger charge is 2.29. The molecule has 2 aromatic heterocycles. The van der Waals surface area contributed by atoms with Gasteiger partial charge in [-0.15, -0.1) is 35.3 Å². The summed E-state index contributed by atoms with van der Waals surface area (Å²) in [7, 11) is 3.53. The number of nitrogens with zero attached hydrogens (tertiary/aromatic N) is 5. The normalized spacial score (nSPS) is 19.6. The zero-order valence-electron chi connectivity index (χ0n) is 17.3. The fraction of sp³-hybridized carbons (Fsp3) is 0.550. The number of guanidine groups is 1. The number of rotatable bonds is 6. The maximum atomic E-state index is 12.1. The molecule has 29 heavy (non-hydrogen) atoms. The summed E-state index contributed by atoms with van der Waals surface area (Å²) in [6.07, 6.45) is 7.78. The summed E-state index contributed by atoms with van der Waals surface area (Å²) in [4.78, 5) is 26.1. The van der Waals surface area contributed by atoms with Crippen LogP contribution in [0.2, 0.25) is 0 Å². The van der Waals surface area contributed by atoms with Gasteiger partial charge in [0.05, 0.1) is 12.4 Å². The zero-order valence-corrected chi connectivity index (χ0v) is 20.5. The van der Waals surface area contributed by atoms with Crippen LogP contribution in [0.25, 0.3) is 0 Å². The predicted molar refractivity (Wildman–Crippen MR) is 129 cm³/mol. The molecule has 0 saturated carbocycles. The van der Waals surface area contributed by atoms with Crippen molar-refractivity contribution in [3.63, 3.8) is 0 Å². The van der Waals surface area contributed by atoms with Crippen LogP contribution in [-0.2, 0) is 11.2 Å². The van der Waals surface area contributed by atoms with Crippen LogP contribution in [0, 0.1) is 5.92 Å². The maximum Gasteiger partial charge on any atom is 0.243 e. The highest BCUT2D eigenvalue weighted by atomic mass is 127. The largest absolute Gasteiger partial charge is 0.356 e. The molecule has 0 aromatic carbocycles. The molecule has 160 valence electrons. The van der Waals surface area contributed by atoms with Crippen LogP contribution in [0.5, 0.6) is 0 Å². The smallest absolute Gasteiger partial charge is 0.243 e. The Balaban J connectivity index is 0.00000300. The van der Waals surface area contributed by atoms with Gasteiger partial charge >= 0.3 is 0 Å². The van der Waals surface area contributed by atoms with Gasteiger partial charge in [0.1, 0.15) is 6.54 Å². The number of hydrogen-bond donors (Lipinski definition) is 1. The van der Waals surface area contributed by atoms with E-state index in [4.69, 9.17) is 0 Å². The first-order valence-electron chi connectivity index (χ1n) is 9.78. The van der Waals surface area contributed by atoms with Crippen molar-refractivity contribution >= 4 is 47.2 Å². The van der Waals surface area contributed by atoms with Crippen molar-refractivity contribution in [2.45, 2.75) is 25.8 Å². The van der Waals surface area contributed by atoms with E-state index in [1.54, 1.807) is 30.3 Å². The van der Waals surface area contributed by atoms with Crippen LogP contribution in [0.4, 0.5) is 0 Å².